The van der Waals surface area contributed by atoms with Gasteiger partial charge in [-0.05, 0) is 36.6 Å². The Labute approximate surface area is 163 Å². The number of aryl methyl sites for hydroxylation is 1. The third-order valence-corrected chi connectivity index (χ3v) is 4.27. The van der Waals surface area contributed by atoms with Gasteiger partial charge in [-0.25, -0.2) is 0 Å². The van der Waals surface area contributed by atoms with E-state index in [0.29, 0.717) is 36.3 Å². The first kappa shape index (κ1) is 21.0. The largest absolute Gasteiger partial charge is 0.497 e. The highest BCUT2D eigenvalue weighted by molar-refractivity contribution is 5.76. The molecule has 0 aliphatic heterocycles. The van der Waals surface area contributed by atoms with Crippen molar-refractivity contribution in [3.8, 4) is 17.2 Å². The third-order valence-electron chi connectivity index (χ3n) is 4.27. The van der Waals surface area contributed by atoms with E-state index in [-0.39, 0.29) is 18.1 Å². The van der Waals surface area contributed by atoms with E-state index in [1.165, 1.54) is 20.3 Å². The summed E-state index contributed by atoms with van der Waals surface area (Å²) in [6.45, 7) is 0.285. The molecule has 0 unspecified atom stereocenters. The molecule has 0 aromatic heterocycles. The van der Waals surface area contributed by atoms with Crippen LogP contribution in [-0.2, 0) is 17.6 Å². The average Bonchev–Trinajstić information content (AvgIpc) is 2.71. The highest BCUT2D eigenvalue weighted by atomic mass is 16.6. The van der Waals surface area contributed by atoms with Gasteiger partial charge in [0.15, 0.2) is 11.5 Å². The number of ether oxygens (including phenoxy) is 3. The highest BCUT2D eigenvalue weighted by Gasteiger charge is 2.19. The van der Waals surface area contributed by atoms with Crippen molar-refractivity contribution in [3.63, 3.8) is 0 Å². The number of nitrogens with one attached hydrogen (secondary N) is 1. The van der Waals surface area contributed by atoms with E-state index < -0.39 is 4.92 Å². The molecule has 2 rings (SSSR count). The van der Waals surface area contributed by atoms with Crippen LogP contribution in [0.5, 0.6) is 17.2 Å². The summed E-state index contributed by atoms with van der Waals surface area (Å²) in [5.41, 5.74) is 1.41. The van der Waals surface area contributed by atoms with Gasteiger partial charge in [0.1, 0.15) is 5.75 Å². The van der Waals surface area contributed by atoms with Crippen LogP contribution in [0.3, 0.4) is 0 Å². The molecule has 8 nitrogen and oxygen atoms in total. The van der Waals surface area contributed by atoms with E-state index in [1.54, 1.807) is 13.2 Å². The monoisotopic (exact) mass is 388 g/mol. The van der Waals surface area contributed by atoms with Crippen molar-refractivity contribution >= 4 is 11.6 Å². The van der Waals surface area contributed by atoms with Crippen LogP contribution >= 0.6 is 0 Å². The zero-order valence-corrected chi connectivity index (χ0v) is 16.2. The summed E-state index contributed by atoms with van der Waals surface area (Å²) in [6.07, 6.45) is 1.21. The van der Waals surface area contributed by atoms with Crippen LogP contribution in [-0.4, -0.2) is 38.7 Å². The fourth-order valence-corrected chi connectivity index (χ4v) is 2.79. The van der Waals surface area contributed by atoms with Crippen LogP contribution in [0.4, 0.5) is 5.69 Å². The summed E-state index contributed by atoms with van der Waals surface area (Å²) in [5.74, 6) is 1.33. The summed E-state index contributed by atoms with van der Waals surface area (Å²) in [4.78, 5) is 22.9. The van der Waals surface area contributed by atoms with E-state index in [1.807, 2.05) is 24.3 Å². The zero-order chi connectivity index (χ0) is 20.5. The van der Waals surface area contributed by atoms with E-state index in [9.17, 15) is 14.9 Å². The highest BCUT2D eigenvalue weighted by Crippen LogP contribution is 2.34. The Morgan fingerprint density at radius 3 is 2.39 bits per heavy atom. The molecule has 0 spiro atoms. The summed E-state index contributed by atoms with van der Waals surface area (Å²) < 4.78 is 15.5. The fourth-order valence-electron chi connectivity index (χ4n) is 2.79. The molecular weight excluding hydrogens is 364 g/mol. The fraction of sp³-hybridized carbons (Fsp3) is 0.350. The Morgan fingerprint density at radius 1 is 1.04 bits per heavy atom. The molecule has 0 fully saturated rings. The van der Waals surface area contributed by atoms with Crippen LogP contribution in [0.1, 0.15) is 17.5 Å². The molecule has 0 aliphatic carbocycles. The first-order chi connectivity index (χ1) is 13.5. The lowest BCUT2D eigenvalue weighted by atomic mass is 10.1. The van der Waals surface area contributed by atoms with Gasteiger partial charge in [0.25, 0.3) is 5.69 Å². The first-order valence-corrected chi connectivity index (χ1v) is 8.77. The molecule has 2 aromatic carbocycles. The molecular formula is C20H24N2O6. The molecule has 1 N–H and O–H groups in total. The number of rotatable bonds is 10. The molecule has 0 radical (unpaired) electrons. The maximum Gasteiger partial charge on any atom is 0.276 e. The van der Waals surface area contributed by atoms with Crippen LogP contribution in [0.15, 0.2) is 36.4 Å². The van der Waals surface area contributed by atoms with E-state index in [2.05, 4.69) is 5.32 Å². The Bertz CT molecular complexity index is 837. The van der Waals surface area contributed by atoms with Gasteiger partial charge < -0.3 is 19.5 Å². The maximum absolute atomic E-state index is 12.1. The van der Waals surface area contributed by atoms with Gasteiger partial charge in [-0.1, -0.05) is 12.1 Å². The van der Waals surface area contributed by atoms with Gasteiger partial charge in [0.2, 0.25) is 5.91 Å². The predicted octanol–water partition coefficient (Wildman–Crippen LogP) is 2.91. The van der Waals surface area contributed by atoms with Crippen molar-refractivity contribution in [2.24, 2.45) is 0 Å². The van der Waals surface area contributed by atoms with Crippen molar-refractivity contribution in [1.82, 2.24) is 5.32 Å². The smallest absolute Gasteiger partial charge is 0.276 e. The van der Waals surface area contributed by atoms with E-state index in [4.69, 9.17) is 14.2 Å². The summed E-state index contributed by atoms with van der Waals surface area (Å²) in [7, 11) is 4.48. The van der Waals surface area contributed by atoms with Crippen molar-refractivity contribution in [2.45, 2.75) is 19.3 Å². The molecule has 0 bridgehead atoms. The zero-order valence-electron chi connectivity index (χ0n) is 16.2. The Hall–Kier alpha value is -3.29. The van der Waals surface area contributed by atoms with Gasteiger partial charge in [-0.3, -0.25) is 14.9 Å². The first-order valence-electron chi connectivity index (χ1n) is 8.77. The molecule has 150 valence electrons. The van der Waals surface area contributed by atoms with Gasteiger partial charge in [0, 0.05) is 18.5 Å². The van der Waals surface area contributed by atoms with Gasteiger partial charge >= 0.3 is 0 Å². The Morgan fingerprint density at radius 2 is 1.75 bits per heavy atom. The molecule has 0 heterocycles. The third kappa shape index (κ3) is 5.60. The standard InChI is InChI=1S/C20H24N2O6/c1-26-16-6-4-5-14(11-16)7-8-20(23)21-10-9-15-12-18(27-2)19(28-3)13-17(15)22(24)25/h4-6,11-13H,7-10H2,1-3H3,(H,21,23). The second kappa shape index (κ2) is 10.1. The lowest BCUT2D eigenvalue weighted by Gasteiger charge is -2.11. The molecule has 28 heavy (non-hydrogen) atoms. The number of hydrogen-bond donors (Lipinski definition) is 1. The number of amides is 1. The summed E-state index contributed by atoms with van der Waals surface area (Å²) in [5, 5.41) is 14.1. The second-order valence-electron chi connectivity index (χ2n) is 6.04. The maximum atomic E-state index is 12.1. The topological polar surface area (TPSA) is 99.9 Å². The van der Waals surface area contributed by atoms with E-state index in [0.717, 1.165) is 11.3 Å². The molecule has 0 atom stereocenters. The molecule has 2 aromatic rings. The van der Waals surface area contributed by atoms with Crippen LogP contribution < -0.4 is 19.5 Å². The van der Waals surface area contributed by atoms with Crippen molar-refractivity contribution < 1.29 is 23.9 Å². The Balaban J connectivity index is 1.92. The number of methoxy groups -OCH3 is 3. The number of carbonyl (C=O) groups excluding carboxylic acids is 1. The number of hydrogen-bond acceptors (Lipinski definition) is 6. The molecule has 0 saturated heterocycles. The normalized spacial score (nSPS) is 10.2. The molecule has 1 amide bonds. The van der Waals surface area contributed by atoms with Crippen molar-refractivity contribution in [3.05, 3.63) is 57.6 Å². The van der Waals surface area contributed by atoms with Crippen LogP contribution in [0, 0.1) is 10.1 Å². The summed E-state index contributed by atoms with van der Waals surface area (Å²) >= 11 is 0. The number of nitro groups is 1. The minimum atomic E-state index is -0.470. The van der Waals surface area contributed by atoms with Crippen LogP contribution in [0.2, 0.25) is 0 Å². The minimum Gasteiger partial charge on any atom is -0.497 e. The summed E-state index contributed by atoms with van der Waals surface area (Å²) in [6, 6.07) is 10.4. The quantitative estimate of drug-likeness (QED) is 0.496. The van der Waals surface area contributed by atoms with E-state index >= 15 is 0 Å². The number of carbonyl (C=O) groups is 1. The molecule has 0 saturated carbocycles. The lowest BCUT2D eigenvalue weighted by Crippen LogP contribution is -2.26. The predicted molar refractivity (Wildman–Crippen MR) is 104 cm³/mol. The van der Waals surface area contributed by atoms with Crippen molar-refractivity contribution in [2.75, 3.05) is 27.9 Å². The number of nitrogens with zero attached hydrogens (tertiary/aromatic N) is 1. The second-order valence-corrected chi connectivity index (χ2v) is 6.04. The van der Waals surface area contributed by atoms with Crippen molar-refractivity contribution in [1.29, 1.82) is 0 Å². The average molecular weight is 388 g/mol. The molecule has 0 aliphatic rings. The Kier molecular flexibility index (Phi) is 7.62. The minimum absolute atomic E-state index is 0.0664. The lowest BCUT2D eigenvalue weighted by molar-refractivity contribution is -0.385. The van der Waals surface area contributed by atoms with Gasteiger partial charge in [-0.15, -0.1) is 0 Å². The van der Waals surface area contributed by atoms with Gasteiger partial charge in [0.05, 0.1) is 32.3 Å². The number of benzene rings is 2. The van der Waals surface area contributed by atoms with Crippen LogP contribution in [0.25, 0.3) is 0 Å². The molecule has 8 heteroatoms. The SMILES string of the molecule is COc1cccc(CCC(=O)NCCc2cc(OC)c(OC)cc2[N+](=O)[O-])c1. The van der Waals surface area contributed by atoms with Gasteiger partial charge in [-0.2, -0.15) is 0 Å². The number of nitro benzene ring substituents is 1.